The van der Waals surface area contributed by atoms with Crippen LogP contribution in [-0.2, 0) is 30.7 Å². The van der Waals surface area contributed by atoms with Gasteiger partial charge in [-0.3, -0.25) is 6.08 Å². The summed E-state index contributed by atoms with van der Waals surface area (Å²) in [6.07, 6.45) is 20.4. The number of hydrogen-bond donors (Lipinski definition) is 0. The van der Waals surface area contributed by atoms with E-state index in [1.54, 1.807) is 28.2 Å². The number of hydrogen-bond acceptors (Lipinski definition) is 0. The van der Waals surface area contributed by atoms with Gasteiger partial charge < -0.3 is 0 Å². The van der Waals surface area contributed by atoms with Gasteiger partial charge in [0, 0.05) is 0 Å². The molecule has 0 bridgehead atoms. The van der Waals surface area contributed by atoms with Crippen LogP contribution in [0, 0.1) is 76.9 Å². The van der Waals surface area contributed by atoms with Crippen molar-refractivity contribution in [2.75, 3.05) is 0 Å². The number of aryl methyl sites for hydroxylation is 2. The van der Waals surface area contributed by atoms with Crippen LogP contribution in [0.3, 0.4) is 0 Å². The molecule has 8 rings (SSSR count). The molecule has 0 heterocycles. The molecule has 5 aliphatic rings. The maximum absolute atomic E-state index is 3.43. The number of unbranched alkanes of at least 4 members (excludes halogenated alkanes) is 1. The zero-order valence-corrected chi connectivity index (χ0v) is 43.7. The predicted octanol–water partition coefficient (Wildman–Crippen LogP) is 16.5. The van der Waals surface area contributed by atoms with E-state index in [9.17, 15) is 0 Å². The number of benzene rings is 3. The van der Waals surface area contributed by atoms with Crippen LogP contribution in [0.5, 0.6) is 0 Å². The van der Waals surface area contributed by atoms with Crippen LogP contribution in [0.4, 0.5) is 0 Å². The van der Waals surface area contributed by atoms with Gasteiger partial charge in [-0.2, -0.15) is 94.6 Å². The van der Waals surface area contributed by atoms with Crippen molar-refractivity contribution in [3.8, 4) is 0 Å². The fourth-order valence-electron chi connectivity index (χ4n) is 10.1. The molecule has 0 saturated heterocycles. The molecule has 1 fully saturated rings. The second kappa shape index (κ2) is 22.3. The van der Waals surface area contributed by atoms with Gasteiger partial charge >= 0.3 is 28.4 Å². The Bertz CT molecular complexity index is 1940. The molecule has 3 aromatic rings. The molecule has 0 aromatic heterocycles. The normalized spacial score (nSPS) is 22.9. The number of fused-ring (bicyclic) bond motifs is 6. The van der Waals surface area contributed by atoms with Crippen molar-refractivity contribution < 1.29 is 24.2 Å². The Morgan fingerprint density at radius 2 is 1.37 bits per heavy atom. The monoisotopic (exact) mass is 920 g/mol. The first-order chi connectivity index (χ1) is 27.3. The van der Waals surface area contributed by atoms with Crippen LogP contribution in [-0.4, -0.2) is 4.21 Å². The molecule has 0 aliphatic heterocycles. The minimum atomic E-state index is 0. The minimum absolute atomic E-state index is 0. The van der Waals surface area contributed by atoms with Gasteiger partial charge in [-0.15, -0.1) is 31.7 Å². The summed E-state index contributed by atoms with van der Waals surface area (Å²) in [6, 6.07) is 30.8. The molecule has 3 aromatic carbocycles. The Balaban J connectivity index is 0.000000330. The molecule has 0 N–H and O–H groups in total. The molecule has 1 saturated carbocycles. The topological polar surface area (TPSA) is 0 Å². The van der Waals surface area contributed by atoms with E-state index in [0.717, 1.165) is 6.42 Å². The summed E-state index contributed by atoms with van der Waals surface area (Å²) in [5, 5.41) is 0. The van der Waals surface area contributed by atoms with Crippen molar-refractivity contribution in [1.82, 2.24) is 0 Å². The van der Waals surface area contributed by atoms with E-state index < -0.39 is 0 Å². The van der Waals surface area contributed by atoms with Gasteiger partial charge in [0.2, 0.25) is 0 Å². The summed E-state index contributed by atoms with van der Waals surface area (Å²) in [5.41, 5.74) is 14.6. The van der Waals surface area contributed by atoms with Gasteiger partial charge in [-0.05, 0) is 40.6 Å². The molecular formula is C57H76Cl2Zr-4. The molecule has 0 radical (unpaired) electrons. The quantitative estimate of drug-likeness (QED) is 0.230. The Hall–Kier alpha value is -2.44. The van der Waals surface area contributed by atoms with E-state index in [1.165, 1.54) is 84.2 Å². The first-order valence-electron chi connectivity index (χ1n) is 21.9. The summed E-state index contributed by atoms with van der Waals surface area (Å²) in [4.78, 5) is 0. The first-order valence-corrected chi connectivity index (χ1v) is 23.6. The molecule has 0 amide bonds. The van der Waals surface area contributed by atoms with E-state index in [4.69, 9.17) is 0 Å². The summed E-state index contributed by atoms with van der Waals surface area (Å²) < 4.78 is 3.34. The zero-order valence-electron chi connectivity index (χ0n) is 39.7. The van der Waals surface area contributed by atoms with Gasteiger partial charge in [0.05, 0.1) is 0 Å². The molecule has 3 unspecified atom stereocenters. The fraction of sp³-hybridized carbons (Fsp3) is 0.474. The van der Waals surface area contributed by atoms with E-state index in [2.05, 4.69) is 168 Å². The molecule has 3 heteroatoms. The number of allylic oxidation sites excluding steroid dienone is 10. The predicted molar refractivity (Wildman–Crippen MR) is 264 cm³/mol. The van der Waals surface area contributed by atoms with E-state index in [0.29, 0.717) is 17.3 Å². The third-order valence-electron chi connectivity index (χ3n) is 15.1. The third-order valence-corrected chi connectivity index (χ3v) is 15.1. The second-order valence-corrected chi connectivity index (χ2v) is 19.8. The average molecular weight is 923 g/mol. The van der Waals surface area contributed by atoms with Crippen LogP contribution in [0.25, 0.3) is 5.57 Å². The maximum atomic E-state index is 3.43. The Labute approximate surface area is 396 Å². The van der Waals surface area contributed by atoms with Crippen molar-refractivity contribution >= 4 is 34.6 Å². The Kier molecular flexibility index (Phi) is 19.9. The standard InChI is InChI=1S/C29H37.C13H21.2C7H7.CH2.2ClH.Zr/c1-18-25-22-17-19-13-9-10-14-20(19)24(22)21-15-11-12-16-23(21)29(25,8)28(6,7)27(4,5)26(18,2)3;1-5-6-7-11-8-9-12(10-11)13(2,3)4;2*1-7-5-3-2-4-6-7;;;;/h9-11,13-15,23H,12,16-17H2,1-8H3;9-11H,5-7H2,1-4H3;2*3-6H,1H3;1H2;2*1H;/q4*-1;;;;. The molecule has 5 aliphatic carbocycles. The van der Waals surface area contributed by atoms with Gasteiger partial charge in [0.1, 0.15) is 0 Å². The van der Waals surface area contributed by atoms with Crippen LogP contribution in [0.2, 0.25) is 0 Å². The molecule has 326 valence electrons. The fourth-order valence-corrected chi connectivity index (χ4v) is 10.1. The van der Waals surface area contributed by atoms with E-state index in [-0.39, 0.29) is 46.5 Å². The van der Waals surface area contributed by atoms with Crippen molar-refractivity contribution in [3.05, 3.63) is 166 Å². The zero-order chi connectivity index (χ0) is 43.1. The van der Waals surface area contributed by atoms with Crippen LogP contribution in [0.15, 0.2) is 119 Å². The van der Waals surface area contributed by atoms with E-state index >= 15 is 0 Å². The molecule has 60 heavy (non-hydrogen) atoms. The van der Waals surface area contributed by atoms with Crippen molar-refractivity contribution in [2.24, 2.45) is 38.9 Å². The summed E-state index contributed by atoms with van der Waals surface area (Å²) in [7, 11) is 0. The molecular weight excluding hydrogens is 847 g/mol. The van der Waals surface area contributed by atoms with Gasteiger partial charge in [-0.25, -0.2) is 12.0 Å². The molecule has 0 nitrogen and oxygen atoms in total. The number of rotatable bonds is 3. The molecule has 0 spiro atoms. The third kappa shape index (κ3) is 10.8. The second-order valence-electron chi connectivity index (χ2n) is 19.8. The summed E-state index contributed by atoms with van der Waals surface area (Å²) >= 11 is 1.30. The van der Waals surface area contributed by atoms with Gasteiger partial charge in [-0.1, -0.05) is 186 Å². The van der Waals surface area contributed by atoms with Crippen molar-refractivity contribution in [2.45, 2.75) is 135 Å². The first kappa shape index (κ1) is 53.7. The SMILES string of the molecule is CCCCC1[C-]=CC(C(C)(C)C)=C1.C[C-]1C2=C3Cc4ccccc4C3=C3C=CCCC3C2(C)C(C)(C)C(C)(C)C1(C)C.Cc1cc[c-]cc1.Cc1cc[c-]cc1.Cl.Cl.[CH2]=[Zr]. The summed E-state index contributed by atoms with van der Waals surface area (Å²) in [5.74, 6) is 2.83. The van der Waals surface area contributed by atoms with Crippen molar-refractivity contribution in [1.29, 1.82) is 0 Å². The van der Waals surface area contributed by atoms with Crippen LogP contribution >= 0.6 is 24.8 Å². The van der Waals surface area contributed by atoms with Gasteiger partial charge in [0.25, 0.3) is 0 Å². The van der Waals surface area contributed by atoms with E-state index in [1.807, 2.05) is 48.5 Å². The van der Waals surface area contributed by atoms with Gasteiger partial charge in [0.15, 0.2) is 0 Å². The average Bonchev–Trinajstić information content (AvgIpc) is 3.84. The van der Waals surface area contributed by atoms with Crippen LogP contribution in [0.1, 0.15) is 137 Å². The number of halogens is 2. The van der Waals surface area contributed by atoms with Crippen molar-refractivity contribution in [3.63, 3.8) is 0 Å². The Morgan fingerprint density at radius 3 is 1.85 bits per heavy atom. The van der Waals surface area contributed by atoms with Crippen LogP contribution < -0.4 is 0 Å². The Morgan fingerprint density at radius 1 is 0.817 bits per heavy atom. The summed E-state index contributed by atoms with van der Waals surface area (Å²) in [6.45, 7) is 33.5. The molecule has 3 atom stereocenters.